The van der Waals surface area contributed by atoms with Crippen molar-refractivity contribution in [2.75, 3.05) is 11.9 Å². The smallest absolute Gasteiger partial charge is 0.262 e. The van der Waals surface area contributed by atoms with Gasteiger partial charge < -0.3 is 5.32 Å². The summed E-state index contributed by atoms with van der Waals surface area (Å²) in [5.74, 6) is -3.23. The van der Waals surface area contributed by atoms with E-state index in [4.69, 9.17) is 11.6 Å². The number of imide groups is 1. The molecular formula is C23H14ClFN2O4. The van der Waals surface area contributed by atoms with Gasteiger partial charge in [0.15, 0.2) is 5.78 Å². The quantitative estimate of drug-likeness (QED) is 0.485. The van der Waals surface area contributed by atoms with Crippen molar-refractivity contribution in [3.63, 3.8) is 0 Å². The molecule has 4 rings (SSSR count). The molecule has 0 aromatic heterocycles. The minimum atomic E-state index is -0.712. The van der Waals surface area contributed by atoms with Crippen molar-refractivity contribution in [2.45, 2.75) is 0 Å². The number of nitrogens with zero attached hydrogens (tertiary/aromatic N) is 1. The van der Waals surface area contributed by atoms with E-state index in [9.17, 15) is 23.6 Å². The Morgan fingerprint density at radius 2 is 1.48 bits per heavy atom. The highest BCUT2D eigenvalue weighted by Crippen LogP contribution is 2.26. The Morgan fingerprint density at radius 1 is 0.871 bits per heavy atom. The van der Waals surface area contributed by atoms with Crippen molar-refractivity contribution in [1.29, 1.82) is 0 Å². The molecule has 0 bridgehead atoms. The van der Waals surface area contributed by atoms with Crippen LogP contribution in [0.3, 0.4) is 0 Å². The summed E-state index contributed by atoms with van der Waals surface area (Å²) < 4.78 is 14.1. The molecule has 0 spiro atoms. The molecule has 154 valence electrons. The van der Waals surface area contributed by atoms with E-state index in [1.54, 1.807) is 12.1 Å². The van der Waals surface area contributed by atoms with Crippen LogP contribution in [0.4, 0.5) is 10.1 Å². The first-order valence-electron chi connectivity index (χ1n) is 9.20. The lowest BCUT2D eigenvalue weighted by atomic mass is 10.0. The second-order valence-electron chi connectivity index (χ2n) is 6.79. The number of halogens is 2. The van der Waals surface area contributed by atoms with E-state index in [1.165, 1.54) is 48.5 Å². The molecule has 0 fully saturated rings. The predicted octanol–water partition coefficient (Wildman–Crippen LogP) is 3.94. The molecule has 1 aliphatic rings. The third-order valence-corrected chi connectivity index (χ3v) is 5.03. The van der Waals surface area contributed by atoms with Gasteiger partial charge in [0.25, 0.3) is 11.8 Å². The number of hydrogen-bond acceptors (Lipinski definition) is 4. The first-order chi connectivity index (χ1) is 14.9. The summed E-state index contributed by atoms with van der Waals surface area (Å²) in [6.45, 7) is -0.539. The lowest BCUT2D eigenvalue weighted by Crippen LogP contribution is -2.37. The van der Waals surface area contributed by atoms with Crippen LogP contribution in [0.25, 0.3) is 0 Å². The number of carbonyl (C=O) groups excluding carboxylic acids is 4. The van der Waals surface area contributed by atoms with Gasteiger partial charge in [-0.15, -0.1) is 0 Å². The average Bonchev–Trinajstić information content (AvgIpc) is 3.00. The van der Waals surface area contributed by atoms with E-state index in [0.29, 0.717) is 0 Å². The summed E-state index contributed by atoms with van der Waals surface area (Å²) in [7, 11) is 0. The number of nitrogens with one attached hydrogen (secondary N) is 1. The van der Waals surface area contributed by atoms with Gasteiger partial charge in [0.2, 0.25) is 5.91 Å². The minimum absolute atomic E-state index is 0.0201. The van der Waals surface area contributed by atoms with Gasteiger partial charge in [-0.05, 0) is 42.5 Å². The summed E-state index contributed by atoms with van der Waals surface area (Å²) in [5.41, 5.74) is 0.331. The molecule has 0 saturated heterocycles. The molecule has 0 unspecified atom stereocenters. The number of carbonyl (C=O) groups is 4. The number of hydrogen-bond donors (Lipinski definition) is 1. The Hall–Kier alpha value is -3.84. The van der Waals surface area contributed by atoms with Crippen LogP contribution < -0.4 is 5.32 Å². The lowest BCUT2D eigenvalue weighted by molar-refractivity contribution is -0.116. The maximum Gasteiger partial charge on any atom is 0.262 e. The van der Waals surface area contributed by atoms with Crippen LogP contribution in [0.1, 0.15) is 36.6 Å². The van der Waals surface area contributed by atoms with E-state index in [1.807, 2.05) is 0 Å². The van der Waals surface area contributed by atoms with E-state index in [-0.39, 0.29) is 33.0 Å². The maximum absolute atomic E-state index is 14.1. The fourth-order valence-electron chi connectivity index (χ4n) is 3.32. The van der Waals surface area contributed by atoms with Gasteiger partial charge in [-0.1, -0.05) is 35.9 Å². The van der Waals surface area contributed by atoms with Crippen LogP contribution in [-0.4, -0.2) is 34.9 Å². The fraction of sp³-hybridized carbons (Fsp3) is 0.0435. The van der Waals surface area contributed by atoms with Crippen molar-refractivity contribution in [1.82, 2.24) is 4.90 Å². The molecule has 0 radical (unpaired) electrons. The van der Waals surface area contributed by atoms with Gasteiger partial charge in [-0.25, -0.2) is 4.39 Å². The highest BCUT2D eigenvalue weighted by atomic mass is 35.5. The number of rotatable bonds is 5. The minimum Gasteiger partial charge on any atom is -0.324 e. The van der Waals surface area contributed by atoms with Crippen molar-refractivity contribution >= 4 is 40.8 Å². The SMILES string of the molecule is O=C(CN1C(=O)c2ccccc2C1=O)Nc1ccc(Cl)cc1C(=O)c1ccccc1F. The molecule has 1 heterocycles. The second-order valence-corrected chi connectivity index (χ2v) is 7.23. The van der Waals surface area contributed by atoms with Crippen molar-refractivity contribution < 1.29 is 23.6 Å². The van der Waals surface area contributed by atoms with Crippen LogP contribution in [0, 0.1) is 5.82 Å². The third kappa shape index (κ3) is 3.83. The number of benzene rings is 3. The molecule has 0 aliphatic carbocycles. The topological polar surface area (TPSA) is 83.6 Å². The number of amides is 3. The highest BCUT2D eigenvalue weighted by molar-refractivity contribution is 6.31. The highest BCUT2D eigenvalue weighted by Gasteiger charge is 2.36. The number of fused-ring (bicyclic) bond motifs is 1. The van der Waals surface area contributed by atoms with E-state index in [2.05, 4.69) is 5.32 Å². The van der Waals surface area contributed by atoms with Gasteiger partial charge in [0.05, 0.1) is 22.4 Å². The van der Waals surface area contributed by atoms with Crippen LogP contribution in [0.2, 0.25) is 5.02 Å². The van der Waals surface area contributed by atoms with Gasteiger partial charge in [-0.2, -0.15) is 0 Å². The normalized spacial score (nSPS) is 12.6. The summed E-state index contributed by atoms with van der Waals surface area (Å²) in [4.78, 5) is 51.2. The monoisotopic (exact) mass is 436 g/mol. The van der Waals surface area contributed by atoms with Gasteiger partial charge in [0.1, 0.15) is 12.4 Å². The van der Waals surface area contributed by atoms with E-state index in [0.717, 1.165) is 11.0 Å². The van der Waals surface area contributed by atoms with Gasteiger partial charge in [-0.3, -0.25) is 24.1 Å². The van der Waals surface area contributed by atoms with Crippen LogP contribution >= 0.6 is 11.6 Å². The zero-order valence-corrected chi connectivity index (χ0v) is 16.7. The molecule has 31 heavy (non-hydrogen) atoms. The number of anilines is 1. The second kappa shape index (κ2) is 8.12. The van der Waals surface area contributed by atoms with Crippen LogP contribution in [-0.2, 0) is 4.79 Å². The molecule has 3 aromatic carbocycles. The van der Waals surface area contributed by atoms with Gasteiger partial charge in [0, 0.05) is 10.6 Å². The molecule has 6 nitrogen and oxygen atoms in total. The third-order valence-electron chi connectivity index (χ3n) is 4.80. The molecule has 8 heteroatoms. The number of ketones is 1. The molecular weight excluding hydrogens is 423 g/mol. The van der Waals surface area contributed by atoms with Crippen molar-refractivity contribution in [3.05, 3.63) is 99.8 Å². The van der Waals surface area contributed by atoms with Crippen molar-refractivity contribution in [2.24, 2.45) is 0 Å². The fourth-order valence-corrected chi connectivity index (χ4v) is 3.49. The van der Waals surface area contributed by atoms with E-state index >= 15 is 0 Å². The summed E-state index contributed by atoms with van der Waals surface area (Å²) >= 11 is 6.00. The molecule has 3 amide bonds. The lowest BCUT2D eigenvalue weighted by Gasteiger charge is -2.15. The van der Waals surface area contributed by atoms with Gasteiger partial charge >= 0.3 is 0 Å². The molecule has 1 N–H and O–H groups in total. The Labute approximate surface area is 181 Å². The van der Waals surface area contributed by atoms with Crippen LogP contribution in [0.15, 0.2) is 66.7 Å². The first-order valence-corrected chi connectivity index (χ1v) is 9.58. The van der Waals surface area contributed by atoms with Crippen LogP contribution in [0.5, 0.6) is 0 Å². The zero-order valence-electron chi connectivity index (χ0n) is 15.9. The molecule has 0 saturated carbocycles. The summed E-state index contributed by atoms with van der Waals surface area (Å²) in [6, 6.07) is 15.9. The first kappa shape index (κ1) is 20.4. The van der Waals surface area contributed by atoms with E-state index < -0.39 is 35.9 Å². The largest absolute Gasteiger partial charge is 0.324 e. The predicted molar refractivity (Wildman–Crippen MR) is 112 cm³/mol. The maximum atomic E-state index is 14.1. The average molecular weight is 437 g/mol. The molecule has 3 aromatic rings. The molecule has 1 aliphatic heterocycles. The summed E-state index contributed by atoms with van der Waals surface area (Å²) in [6.07, 6.45) is 0. The Kier molecular flexibility index (Phi) is 5.35. The Balaban J connectivity index is 1.57. The molecule has 0 atom stereocenters. The summed E-state index contributed by atoms with van der Waals surface area (Å²) in [5, 5.41) is 2.74. The zero-order chi connectivity index (χ0) is 22.1. The standard InChI is InChI=1S/C23H14ClFN2O4/c24-13-9-10-19(17(11-13)21(29)16-7-3-4-8-18(16)25)26-20(28)12-27-22(30)14-5-1-2-6-15(14)23(27)31/h1-11H,12H2,(H,26,28). The van der Waals surface area contributed by atoms with Crippen molar-refractivity contribution in [3.8, 4) is 0 Å². The Morgan fingerprint density at radius 3 is 2.13 bits per heavy atom. The Bertz CT molecular complexity index is 1220.